The van der Waals surface area contributed by atoms with Crippen LogP contribution in [0.25, 0.3) is 0 Å². The number of nitrogens with one attached hydrogen (secondary N) is 2. The molecule has 0 spiro atoms. The maximum Gasteiger partial charge on any atom is 0.260 e. The molecule has 0 saturated heterocycles. The van der Waals surface area contributed by atoms with Crippen LogP contribution in [0.2, 0.25) is 0 Å². The molecule has 6 nitrogen and oxygen atoms in total. The number of sulfonamides is 1. The molecule has 21 heavy (non-hydrogen) atoms. The van der Waals surface area contributed by atoms with Crippen LogP contribution in [0.5, 0.6) is 0 Å². The van der Waals surface area contributed by atoms with E-state index in [0.29, 0.717) is 25.2 Å². The topological polar surface area (TPSA) is 78.1 Å². The van der Waals surface area contributed by atoms with Gasteiger partial charge in [0.15, 0.2) is 5.03 Å². The molecule has 0 radical (unpaired) electrons. The summed E-state index contributed by atoms with van der Waals surface area (Å²) in [6.07, 6.45) is 1.57. The number of hydrogen-bond donors (Lipinski definition) is 2. The molecule has 0 atom stereocenters. The van der Waals surface area contributed by atoms with Crippen LogP contribution in [0.15, 0.2) is 35.5 Å². The van der Waals surface area contributed by atoms with Crippen molar-refractivity contribution in [3.05, 3.63) is 47.2 Å². The van der Waals surface area contributed by atoms with E-state index in [-0.39, 0.29) is 5.03 Å². The second kappa shape index (κ2) is 5.59. The summed E-state index contributed by atoms with van der Waals surface area (Å²) in [7, 11) is -3.55. The number of aromatic nitrogens is 2. The molecule has 112 valence electrons. The lowest BCUT2D eigenvalue weighted by Gasteiger charge is -2.15. The van der Waals surface area contributed by atoms with Gasteiger partial charge in [0, 0.05) is 25.2 Å². The van der Waals surface area contributed by atoms with Gasteiger partial charge in [-0.05, 0) is 17.7 Å². The molecule has 7 heteroatoms. The fourth-order valence-electron chi connectivity index (χ4n) is 2.51. The van der Waals surface area contributed by atoms with Crippen LogP contribution < -0.4 is 5.32 Å². The summed E-state index contributed by atoms with van der Waals surface area (Å²) in [4.78, 5) is 0. The number of hydrogen-bond acceptors (Lipinski definition) is 4. The summed E-state index contributed by atoms with van der Waals surface area (Å²) in [6, 6.07) is 7.80. The molecule has 0 fully saturated rings. The Hall–Kier alpha value is -1.70. The fourth-order valence-corrected chi connectivity index (χ4v) is 4.01. The third-order valence-electron chi connectivity index (χ3n) is 3.65. The third-order valence-corrected chi connectivity index (χ3v) is 5.46. The molecular weight excluding hydrogens is 288 g/mol. The predicted octanol–water partition coefficient (Wildman–Crippen LogP) is 1.22. The Morgan fingerprint density at radius 1 is 1.29 bits per heavy atom. The highest BCUT2D eigenvalue weighted by Gasteiger charge is 2.33. The van der Waals surface area contributed by atoms with Gasteiger partial charge < -0.3 is 5.32 Å². The lowest BCUT2D eigenvalue weighted by atomic mass is 10.1. The number of benzene rings is 1. The van der Waals surface area contributed by atoms with Crippen LogP contribution in [0.1, 0.15) is 23.6 Å². The van der Waals surface area contributed by atoms with Gasteiger partial charge in [0.2, 0.25) is 0 Å². The molecule has 0 unspecified atom stereocenters. The van der Waals surface area contributed by atoms with E-state index in [0.717, 1.165) is 17.7 Å². The van der Waals surface area contributed by atoms with Crippen molar-refractivity contribution >= 4 is 10.0 Å². The van der Waals surface area contributed by atoms with Gasteiger partial charge >= 0.3 is 0 Å². The Morgan fingerprint density at radius 3 is 2.57 bits per heavy atom. The molecule has 0 saturated carbocycles. The maximum absolute atomic E-state index is 12.8. The smallest absolute Gasteiger partial charge is 0.260 e. The second-order valence-electron chi connectivity index (χ2n) is 5.05. The summed E-state index contributed by atoms with van der Waals surface area (Å²) in [5, 5.41) is 9.85. The van der Waals surface area contributed by atoms with E-state index < -0.39 is 10.0 Å². The van der Waals surface area contributed by atoms with Gasteiger partial charge in [0.05, 0.1) is 6.20 Å². The van der Waals surface area contributed by atoms with Crippen LogP contribution in [0.3, 0.4) is 0 Å². The quantitative estimate of drug-likeness (QED) is 0.871. The third kappa shape index (κ3) is 2.59. The number of aromatic amines is 1. The van der Waals surface area contributed by atoms with Crippen molar-refractivity contribution < 1.29 is 8.42 Å². The van der Waals surface area contributed by atoms with E-state index in [1.165, 1.54) is 4.31 Å². The minimum absolute atomic E-state index is 0.191. The first-order valence-electron chi connectivity index (χ1n) is 6.93. The van der Waals surface area contributed by atoms with Crippen LogP contribution in [-0.2, 0) is 29.7 Å². The van der Waals surface area contributed by atoms with Crippen molar-refractivity contribution in [3.8, 4) is 0 Å². The predicted molar refractivity (Wildman–Crippen MR) is 78.8 cm³/mol. The minimum Gasteiger partial charge on any atom is -0.313 e. The molecule has 0 bridgehead atoms. The number of fused-ring (bicyclic) bond motifs is 1. The van der Waals surface area contributed by atoms with Gasteiger partial charge in [0.1, 0.15) is 0 Å². The molecule has 2 N–H and O–H groups in total. The first-order chi connectivity index (χ1) is 10.1. The molecule has 1 aromatic carbocycles. The zero-order chi connectivity index (χ0) is 14.9. The molecule has 0 aliphatic carbocycles. The van der Waals surface area contributed by atoms with Gasteiger partial charge in [-0.3, -0.25) is 5.10 Å². The monoisotopic (exact) mass is 306 g/mol. The lowest BCUT2D eigenvalue weighted by Crippen LogP contribution is -2.27. The van der Waals surface area contributed by atoms with Gasteiger partial charge in [0.25, 0.3) is 10.0 Å². The highest BCUT2D eigenvalue weighted by Crippen LogP contribution is 2.28. The van der Waals surface area contributed by atoms with Crippen LogP contribution in [-0.4, -0.2) is 29.5 Å². The first kappa shape index (κ1) is 14.2. The van der Waals surface area contributed by atoms with Crippen molar-refractivity contribution in [2.75, 3.05) is 6.54 Å². The first-order valence-corrected chi connectivity index (χ1v) is 8.37. The summed E-state index contributed by atoms with van der Waals surface area (Å²) < 4.78 is 27.0. The Morgan fingerprint density at radius 2 is 1.95 bits per heavy atom. The van der Waals surface area contributed by atoms with E-state index in [4.69, 9.17) is 0 Å². The molecule has 2 heterocycles. The summed E-state index contributed by atoms with van der Waals surface area (Å²) >= 11 is 0. The summed E-state index contributed by atoms with van der Waals surface area (Å²) in [5.41, 5.74) is 2.80. The van der Waals surface area contributed by atoms with Crippen molar-refractivity contribution in [2.45, 2.75) is 31.6 Å². The van der Waals surface area contributed by atoms with E-state index in [9.17, 15) is 8.42 Å². The Labute approximate surface area is 124 Å². The average molecular weight is 306 g/mol. The normalized spacial score (nSPS) is 15.3. The van der Waals surface area contributed by atoms with E-state index in [2.05, 4.69) is 15.5 Å². The molecule has 3 rings (SSSR count). The summed E-state index contributed by atoms with van der Waals surface area (Å²) in [6.45, 7) is 4.07. The number of rotatable bonds is 5. The zero-order valence-electron chi connectivity index (χ0n) is 11.8. The Balaban J connectivity index is 1.87. The molecular formula is C14H18N4O2S. The lowest BCUT2D eigenvalue weighted by molar-refractivity contribution is 0.428. The van der Waals surface area contributed by atoms with E-state index in [1.807, 2.05) is 31.2 Å². The van der Waals surface area contributed by atoms with Gasteiger partial charge in [-0.2, -0.15) is 9.40 Å². The Kier molecular flexibility index (Phi) is 3.79. The van der Waals surface area contributed by atoms with Crippen LogP contribution in [0, 0.1) is 0 Å². The van der Waals surface area contributed by atoms with Gasteiger partial charge in [-0.15, -0.1) is 0 Å². The van der Waals surface area contributed by atoms with Crippen molar-refractivity contribution in [3.63, 3.8) is 0 Å². The van der Waals surface area contributed by atoms with Crippen molar-refractivity contribution in [1.29, 1.82) is 0 Å². The SMILES string of the molecule is CCNCc1cn[nH]c1S(=O)(=O)N1Cc2ccccc2C1. The average Bonchev–Trinajstić information content (AvgIpc) is 3.11. The fraction of sp³-hybridized carbons (Fsp3) is 0.357. The van der Waals surface area contributed by atoms with Gasteiger partial charge in [-0.25, -0.2) is 8.42 Å². The summed E-state index contributed by atoms with van der Waals surface area (Å²) in [5.74, 6) is 0. The van der Waals surface area contributed by atoms with Crippen LogP contribution >= 0.6 is 0 Å². The molecule has 0 amide bonds. The van der Waals surface area contributed by atoms with Crippen molar-refractivity contribution in [1.82, 2.24) is 19.8 Å². The van der Waals surface area contributed by atoms with E-state index in [1.54, 1.807) is 6.20 Å². The maximum atomic E-state index is 12.8. The molecule has 1 aromatic heterocycles. The Bertz CT molecular complexity index is 714. The largest absolute Gasteiger partial charge is 0.313 e. The van der Waals surface area contributed by atoms with Crippen molar-refractivity contribution in [2.24, 2.45) is 0 Å². The highest BCUT2D eigenvalue weighted by atomic mass is 32.2. The van der Waals surface area contributed by atoms with Crippen LogP contribution in [0.4, 0.5) is 0 Å². The standard InChI is InChI=1S/C14H18N4O2S/c1-2-15-7-13-8-16-17-14(13)21(19,20)18-9-11-5-3-4-6-12(11)10-18/h3-6,8,15H,2,7,9-10H2,1H3,(H,16,17). The zero-order valence-corrected chi connectivity index (χ0v) is 12.7. The minimum atomic E-state index is -3.55. The molecule has 1 aliphatic heterocycles. The molecule has 1 aliphatic rings. The number of H-pyrrole nitrogens is 1. The second-order valence-corrected chi connectivity index (χ2v) is 6.92. The van der Waals surface area contributed by atoms with Gasteiger partial charge in [-0.1, -0.05) is 31.2 Å². The number of nitrogens with zero attached hydrogens (tertiary/aromatic N) is 2. The molecule has 2 aromatic rings. The van der Waals surface area contributed by atoms with E-state index >= 15 is 0 Å². The highest BCUT2D eigenvalue weighted by molar-refractivity contribution is 7.89.